The first-order chi connectivity index (χ1) is 8.81. The van der Waals surface area contributed by atoms with E-state index in [1.807, 2.05) is 34.3 Å². The molecule has 4 nitrogen and oxygen atoms in total. The highest BCUT2D eigenvalue weighted by Crippen LogP contribution is 2.30. The highest BCUT2D eigenvalue weighted by Gasteiger charge is 2.10. The number of benzene rings is 1. The second-order valence-corrected chi connectivity index (χ2v) is 5.67. The molecule has 0 saturated carbocycles. The first-order valence-corrected chi connectivity index (χ1v) is 7.00. The molecule has 1 aromatic carbocycles. The molecule has 0 atom stereocenters. The topological polar surface area (TPSA) is 24.9 Å². The van der Waals surface area contributed by atoms with Crippen LogP contribution in [-0.4, -0.2) is 48.3 Å². The van der Waals surface area contributed by atoms with Crippen molar-refractivity contribution in [3.63, 3.8) is 0 Å². The first-order valence-electron chi connectivity index (χ1n) is 5.39. The van der Waals surface area contributed by atoms with Crippen LogP contribution >= 0.6 is 40.4 Å². The predicted molar refractivity (Wildman–Crippen MR) is 88.0 cm³/mol. The molecule has 0 aliphatic rings. The van der Waals surface area contributed by atoms with Gasteiger partial charge in [-0.05, 0) is 52.5 Å². The summed E-state index contributed by atoms with van der Waals surface area (Å²) in [5.74, 6) is 1.18. The molecule has 0 spiro atoms. The number of nitrogens with zero attached hydrogens (tertiary/aromatic N) is 2. The fraction of sp³-hybridized carbons (Fsp3) is 0.333. The van der Waals surface area contributed by atoms with E-state index >= 15 is 0 Å². The smallest absolute Gasteiger partial charge is 0.264 e. The third kappa shape index (κ3) is 4.93. The summed E-state index contributed by atoms with van der Waals surface area (Å²) in [5, 5.41) is 0.747. The number of rotatable bonds is 2. The van der Waals surface area contributed by atoms with Crippen molar-refractivity contribution < 1.29 is 9.47 Å². The van der Waals surface area contributed by atoms with Crippen LogP contribution in [0.25, 0.3) is 0 Å². The molecule has 104 valence electrons. The summed E-state index contributed by atoms with van der Waals surface area (Å²) in [5.41, 5.74) is 0. The van der Waals surface area contributed by atoms with Crippen molar-refractivity contribution in [2.45, 2.75) is 0 Å². The first kappa shape index (κ1) is 16.1. The van der Waals surface area contributed by atoms with Crippen LogP contribution in [0, 0.1) is 0 Å². The molecule has 0 aliphatic heterocycles. The summed E-state index contributed by atoms with van der Waals surface area (Å²) < 4.78 is 11.9. The Morgan fingerprint density at radius 2 is 1.53 bits per heavy atom. The summed E-state index contributed by atoms with van der Waals surface area (Å²) in [4.78, 5) is 3.42. The van der Waals surface area contributed by atoms with Crippen molar-refractivity contribution in [3.05, 3.63) is 22.7 Å². The molecule has 7 heteroatoms. The Labute approximate surface area is 132 Å². The molecule has 19 heavy (non-hydrogen) atoms. The summed E-state index contributed by atoms with van der Waals surface area (Å²) >= 11 is 13.6. The molecule has 0 aliphatic carbocycles. The van der Waals surface area contributed by atoms with Crippen molar-refractivity contribution in [3.8, 4) is 11.5 Å². The van der Waals surface area contributed by atoms with Gasteiger partial charge in [0.15, 0.2) is 0 Å². The summed E-state index contributed by atoms with van der Waals surface area (Å²) in [6.45, 7) is 0. The molecule has 0 unspecified atom stereocenters. The molecule has 0 saturated heterocycles. The van der Waals surface area contributed by atoms with E-state index in [1.54, 1.807) is 21.9 Å². The standard InChI is InChI=1S/C12H15BrN2O2S2/c1-14(2)11(18)16-8-5-6-9(13)10(7-8)17-12(19)15(3)4/h5-7H,1-4H3. The third-order valence-corrected chi connectivity index (χ3v) is 3.59. The van der Waals surface area contributed by atoms with E-state index in [2.05, 4.69) is 15.9 Å². The van der Waals surface area contributed by atoms with Gasteiger partial charge in [0.1, 0.15) is 11.5 Å². The molecule has 0 aromatic heterocycles. The molecule has 0 bridgehead atoms. The Morgan fingerprint density at radius 3 is 2.05 bits per heavy atom. The van der Waals surface area contributed by atoms with Gasteiger partial charge >= 0.3 is 0 Å². The van der Waals surface area contributed by atoms with Crippen LogP contribution in [0.1, 0.15) is 0 Å². The average molecular weight is 363 g/mol. The Morgan fingerprint density at radius 1 is 1.00 bits per heavy atom. The van der Waals surface area contributed by atoms with Gasteiger partial charge in [0.2, 0.25) is 0 Å². The minimum Gasteiger partial charge on any atom is -0.432 e. The van der Waals surface area contributed by atoms with Crippen molar-refractivity contribution in [1.29, 1.82) is 0 Å². The maximum atomic E-state index is 5.56. The minimum atomic E-state index is 0.369. The zero-order valence-corrected chi connectivity index (χ0v) is 14.4. The van der Waals surface area contributed by atoms with E-state index < -0.39 is 0 Å². The van der Waals surface area contributed by atoms with Crippen LogP contribution in [0.15, 0.2) is 22.7 Å². The third-order valence-electron chi connectivity index (χ3n) is 2.04. The van der Waals surface area contributed by atoms with Gasteiger partial charge in [-0.15, -0.1) is 0 Å². The van der Waals surface area contributed by atoms with E-state index in [1.165, 1.54) is 0 Å². The lowest BCUT2D eigenvalue weighted by Crippen LogP contribution is -2.26. The van der Waals surface area contributed by atoms with Gasteiger partial charge in [-0.2, -0.15) is 0 Å². The molecule has 0 amide bonds. The fourth-order valence-electron chi connectivity index (χ4n) is 1.00. The predicted octanol–water partition coefficient (Wildman–Crippen LogP) is 2.90. The number of halogens is 1. The zero-order valence-electron chi connectivity index (χ0n) is 11.1. The maximum Gasteiger partial charge on any atom is 0.264 e. The normalized spacial score (nSPS) is 9.74. The van der Waals surface area contributed by atoms with Crippen LogP contribution in [0.2, 0.25) is 0 Å². The van der Waals surface area contributed by atoms with Gasteiger partial charge in [-0.3, -0.25) is 0 Å². The molecular formula is C12H15BrN2O2S2. The number of thiocarbonyl (C=S) groups is 2. The molecule has 0 N–H and O–H groups in total. The molecular weight excluding hydrogens is 348 g/mol. The van der Waals surface area contributed by atoms with Crippen LogP contribution in [0.5, 0.6) is 11.5 Å². The summed E-state index contributed by atoms with van der Waals surface area (Å²) in [6.07, 6.45) is 0. The quantitative estimate of drug-likeness (QED) is 0.750. The van der Waals surface area contributed by atoms with E-state index in [9.17, 15) is 0 Å². The lowest BCUT2D eigenvalue weighted by Gasteiger charge is -2.17. The number of ether oxygens (including phenoxy) is 2. The Bertz CT molecular complexity index is 493. The van der Waals surface area contributed by atoms with Crippen molar-refractivity contribution >= 4 is 50.7 Å². The van der Waals surface area contributed by atoms with Gasteiger partial charge in [0, 0.05) is 34.3 Å². The average Bonchev–Trinajstić information content (AvgIpc) is 2.32. The summed E-state index contributed by atoms with van der Waals surface area (Å²) in [7, 11) is 7.27. The lowest BCUT2D eigenvalue weighted by molar-refractivity contribution is 0.434. The van der Waals surface area contributed by atoms with Gasteiger partial charge in [0.25, 0.3) is 10.3 Å². The van der Waals surface area contributed by atoms with Gasteiger partial charge in [0.05, 0.1) is 4.47 Å². The van der Waals surface area contributed by atoms with Gasteiger partial charge in [-0.25, -0.2) is 0 Å². The van der Waals surface area contributed by atoms with Crippen LogP contribution in [0.4, 0.5) is 0 Å². The summed E-state index contributed by atoms with van der Waals surface area (Å²) in [6, 6.07) is 5.35. The van der Waals surface area contributed by atoms with Crippen molar-refractivity contribution in [1.82, 2.24) is 9.80 Å². The monoisotopic (exact) mass is 362 g/mol. The van der Waals surface area contributed by atoms with E-state index in [0.717, 1.165) is 4.47 Å². The van der Waals surface area contributed by atoms with E-state index in [4.69, 9.17) is 33.9 Å². The van der Waals surface area contributed by atoms with Crippen molar-refractivity contribution in [2.24, 2.45) is 0 Å². The van der Waals surface area contributed by atoms with Gasteiger partial charge in [-0.1, -0.05) is 0 Å². The zero-order chi connectivity index (χ0) is 14.6. The molecule has 1 rings (SSSR count). The molecule has 0 radical (unpaired) electrons. The van der Waals surface area contributed by atoms with E-state index in [-0.39, 0.29) is 0 Å². The largest absolute Gasteiger partial charge is 0.432 e. The lowest BCUT2D eigenvalue weighted by atomic mass is 10.3. The Balaban J connectivity index is 2.88. The van der Waals surface area contributed by atoms with Crippen LogP contribution in [-0.2, 0) is 0 Å². The molecule has 1 aromatic rings. The van der Waals surface area contributed by atoms with Crippen LogP contribution < -0.4 is 9.47 Å². The maximum absolute atomic E-state index is 5.56. The highest BCUT2D eigenvalue weighted by atomic mass is 79.9. The fourth-order valence-corrected chi connectivity index (χ4v) is 1.52. The Hall–Kier alpha value is -0.920. The van der Waals surface area contributed by atoms with Gasteiger partial charge < -0.3 is 19.3 Å². The molecule has 0 heterocycles. The number of hydrogen-bond donors (Lipinski definition) is 0. The second-order valence-electron chi connectivity index (χ2n) is 4.12. The van der Waals surface area contributed by atoms with Crippen LogP contribution in [0.3, 0.4) is 0 Å². The second kappa shape index (κ2) is 7.02. The van der Waals surface area contributed by atoms with E-state index in [0.29, 0.717) is 21.8 Å². The van der Waals surface area contributed by atoms with Crippen molar-refractivity contribution in [2.75, 3.05) is 28.2 Å². The molecule has 0 fully saturated rings. The minimum absolute atomic E-state index is 0.369. The highest BCUT2D eigenvalue weighted by molar-refractivity contribution is 9.10. The SMILES string of the molecule is CN(C)C(=S)Oc1ccc(Br)c(OC(=S)N(C)C)c1. The Kier molecular flexibility index (Phi) is 5.96. The number of hydrogen-bond acceptors (Lipinski definition) is 4.